The van der Waals surface area contributed by atoms with Crippen LogP contribution >= 0.6 is 34.7 Å². The van der Waals surface area contributed by atoms with Gasteiger partial charge in [0, 0.05) is 11.3 Å². The number of nitrogens with zero attached hydrogens (tertiary/aromatic N) is 1. The van der Waals surface area contributed by atoms with Gasteiger partial charge in [-0.1, -0.05) is 29.4 Å². The summed E-state index contributed by atoms with van der Waals surface area (Å²) in [6.45, 7) is 0. The highest BCUT2D eigenvalue weighted by Gasteiger charge is 2.23. The molecular formula is C12H17ClN2O2S2. The van der Waals surface area contributed by atoms with Crippen molar-refractivity contribution in [3.8, 4) is 0 Å². The van der Waals surface area contributed by atoms with Gasteiger partial charge in [0.05, 0.1) is 7.11 Å². The molecule has 2 unspecified atom stereocenters. The summed E-state index contributed by atoms with van der Waals surface area (Å²) in [6, 6.07) is 0.416. The average molecular weight is 321 g/mol. The third-order valence-corrected chi connectivity index (χ3v) is 5.69. The number of thioether (sulfide) groups is 1. The Morgan fingerprint density at radius 1 is 1.58 bits per heavy atom. The maximum absolute atomic E-state index is 11.5. The maximum atomic E-state index is 11.5. The monoisotopic (exact) mass is 320 g/mol. The quantitative estimate of drug-likeness (QED) is 0.858. The fourth-order valence-electron chi connectivity index (χ4n) is 2.25. The Labute approximate surface area is 126 Å². The lowest BCUT2D eigenvalue weighted by atomic mass is 9.95. The number of rotatable bonds is 4. The number of hydrogen-bond acceptors (Lipinski definition) is 6. The Morgan fingerprint density at radius 3 is 3.05 bits per heavy atom. The van der Waals surface area contributed by atoms with Crippen LogP contribution in [0.2, 0.25) is 5.15 Å². The van der Waals surface area contributed by atoms with Crippen LogP contribution in [0.25, 0.3) is 0 Å². The number of halogens is 1. The Morgan fingerprint density at radius 2 is 2.37 bits per heavy atom. The van der Waals surface area contributed by atoms with Crippen LogP contribution in [0.1, 0.15) is 35.4 Å². The molecule has 19 heavy (non-hydrogen) atoms. The molecule has 0 bridgehead atoms. The second-order valence-electron chi connectivity index (χ2n) is 4.50. The first-order valence-corrected chi connectivity index (χ1v) is 8.66. The molecule has 0 amide bonds. The van der Waals surface area contributed by atoms with Crippen molar-refractivity contribution in [1.29, 1.82) is 0 Å². The molecule has 1 fully saturated rings. The summed E-state index contributed by atoms with van der Waals surface area (Å²) in [6.07, 6.45) is 6.94. The van der Waals surface area contributed by atoms with E-state index in [2.05, 4.69) is 21.3 Å². The van der Waals surface area contributed by atoms with E-state index in [-0.39, 0.29) is 5.15 Å². The lowest BCUT2D eigenvalue weighted by molar-refractivity contribution is 0.0606. The number of carbonyl (C=O) groups excluding carboxylic acids is 1. The first kappa shape index (κ1) is 14.9. The molecule has 1 saturated carbocycles. The molecule has 1 aromatic rings. The van der Waals surface area contributed by atoms with Crippen molar-refractivity contribution in [1.82, 2.24) is 4.98 Å². The predicted octanol–water partition coefficient (Wildman–Crippen LogP) is 3.67. The van der Waals surface area contributed by atoms with Gasteiger partial charge in [-0.25, -0.2) is 9.78 Å². The summed E-state index contributed by atoms with van der Waals surface area (Å²) in [4.78, 5) is 16.0. The van der Waals surface area contributed by atoms with Crippen LogP contribution in [-0.2, 0) is 4.74 Å². The Kier molecular flexibility index (Phi) is 5.36. The number of hydrogen-bond donors (Lipinski definition) is 1. The highest BCUT2D eigenvalue weighted by atomic mass is 35.5. The lowest BCUT2D eigenvalue weighted by Gasteiger charge is -2.28. The van der Waals surface area contributed by atoms with E-state index in [1.807, 2.05) is 11.8 Å². The van der Waals surface area contributed by atoms with Crippen LogP contribution in [0.15, 0.2) is 0 Å². The lowest BCUT2D eigenvalue weighted by Crippen LogP contribution is -2.28. The van der Waals surface area contributed by atoms with E-state index < -0.39 is 5.97 Å². The minimum absolute atomic E-state index is 0.219. The number of thiazole rings is 1. The van der Waals surface area contributed by atoms with Gasteiger partial charge in [0.15, 0.2) is 15.2 Å². The number of esters is 1. The smallest absolute Gasteiger partial charge is 0.351 e. The van der Waals surface area contributed by atoms with Crippen LogP contribution < -0.4 is 5.32 Å². The van der Waals surface area contributed by atoms with Crippen molar-refractivity contribution in [2.24, 2.45) is 0 Å². The minimum atomic E-state index is -0.429. The number of aromatic nitrogens is 1. The number of carbonyl (C=O) groups is 1. The molecule has 0 radical (unpaired) electrons. The second kappa shape index (κ2) is 6.81. The summed E-state index contributed by atoms with van der Waals surface area (Å²) < 4.78 is 4.67. The summed E-state index contributed by atoms with van der Waals surface area (Å²) in [5, 5.41) is 5.02. The second-order valence-corrected chi connectivity index (χ2v) is 6.99. The van der Waals surface area contributed by atoms with Gasteiger partial charge in [0.1, 0.15) is 0 Å². The third kappa shape index (κ3) is 3.77. The third-order valence-electron chi connectivity index (χ3n) is 3.24. The van der Waals surface area contributed by atoms with Gasteiger partial charge < -0.3 is 10.1 Å². The van der Waals surface area contributed by atoms with Gasteiger partial charge in [0.2, 0.25) is 0 Å². The Bertz CT molecular complexity index is 453. The molecule has 1 aliphatic carbocycles. The first-order valence-electron chi connectivity index (χ1n) is 6.18. The van der Waals surface area contributed by atoms with Crippen LogP contribution in [0.3, 0.4) is 0 Å². The molecule has 106 valence electrons. The molecular weight excluding hydrogens is 304 g/mol. The summed E-state index contributed by atoms with van der Waals surface area (Å²) in [5.41, 5.74) is 0. The fraction of sp³-hybridized carbons (Fsp3) is 0.667. The average Bonchev–Trinajstić information content (AvgIpc) is 2.79. The highest BCUT2D eigenvalue weighted by Crippen LogP contribution is 2.32. The van der Waals surface area contributed by atoms with E-state index >= 15 is 0 Å². The maximum Gasteiger partial charge on any atom is 0.351 e. The zero-order chi connectivity index (χ0) is 13.8. The first-order chi connectivity index (χ1) is 9.13. The van der Waals surface area contributed by atoms with Crippen LogP contribution in [0, 0.1) is 0 Å². The van der Waals surface area contributed by atoms with Crippen molar-refractivity contribution >= 4 is 45.8 Å². The standard InChI is InChI=1S/C12H17ClN2O2S2/c1-17-11(16)9-10(13)15-12(19-9)14-7-4-3-5-8(6-7)18-2/h7-8H,3-6H2,1-2H3,(H,14,15). The number of anilines is 1. The molecule has 0 aliphatic heterocycles. The van der Waals surface area contributed by atoms with Crippen LogP contribution in [0.5, 0.6) is 0 Å². The summed E-state index contributed by atoms with van der Waals surface area (Å²) >= 11 is 9.13. The van der Waals surface area contributed by atoms with Gasteiger partial charge in [-0.15, -0.1) is 0 Å². The number of nitrogens with one attached hydrogen (secondary N) is 1. The van der Waals surface area contributed by atoms with E-state index in [9.17, 15) is 4.79 Å². The predicted molar refractivity (Wildman–Crippen MR) is 81.6 cm³/mol. The van der Waals surface area contributed by atoms with E-state index in [4.69, 9.17) is 11.6 Å². The largest absolute Gasteiger partial charge is 0.465 e. The van der Waals surface area contributed by atoms with Crippen molar-refractivity contribution < 1.29 is 9.53 Å². The normalized spacial score (nSPS) is 23.1. The molecule has 1 N–H and O–H groups in total. The van der Waals surface area contributed by atoms with Crippen molar-refractivity contribution in [2.75, 3.05) is 18.7 Å². The number of methoxy groups -OCH3 is 1. The summed E-state index contributed by atoms with van der Waals surface area (Å²) in [5.74, 6) is -0.429. The Hall–Kier alpha value is -0.460. The minimum Gasteiger partial charge on any atom is -0.465 e. The molecule has 1 aliphatic rings. The molecule has 0 saturated heterocycles. The van der Waals surface area contributed by atoms with Gasteiger partial charge in [-0.3, -0.25) is 0 Å². The molecule has 2 atom stereocenters. The number of ether oxygens (including phenoxy) is 1. The molecule has 1 aromatic heterocycles. The highest BCUT2D eigenvalue weighted by molar-refractivity contribution is 7.99. The van der Waals surface area contributed by atoms with Gasteiger partial charge in [-0.2, -0.15) is 11.8 Å². The van der Waals surface area contributed by atoms with Gasteiger partial charge in [-0.05, 0) is 25.5 Å². The molecule has 2 rings (SSSR count). The van der Waals surface area contributed by atoms with Gasteiger partial charge >= 0.3 is 5.97 Å². The topological polar surface area (TPSA) is 51.2 Å². The van der Waals surface area contributed by atoms with E-state index in [1.165, 1.54) is 31.3 Å². The zero-order valence-electron chi connectivity index (χ0n) is 10.9. The summed E-state index contributed by atoms with van der Waals surface area (Å²) in [7, 11) is 1.34. The van der Waals surface area contributed by atoms with Crippen molar-refractivity contribution in [3.63, 3.8) is 0 Å². The van der Waals surface area contributed by atoms with E-state index in [0.29, 0.717) is 21.3 Å². The molecule has 0 spiro atoms. The van der Waals surface area contributed by atoms with Crippen LogP contribution in [-0.4, -0.2) is 35.6 Å². The fourth-order valence-corrected chi connectivity index (χ4v) is 4.25. The molecule has 0 aromatic carbocycles. The molecule has 7 heteroatoms. The van der Waals surface area contributed by atoms with E-state index in [0.717, 1.165) is 12.8 Å². The van der Waals surface area contributed by atoms with Crippen LogP contribution in [0.4, 0.5) is 5.13 Å². The zero-order valence-corrected chi connectivity index (χ0v) is 13.3. The molecule has 1 heterocycles. The van der Waals surface area contributed by atoms with Crippen molar-refractivity contribution in [3.05, 3.63) is 10.0 Å². The molecule has 4 nitrogen and oxygen atoms in total. The Balaban J connectivity index is 2.01. The van der Waals surface area contributed by atoms with Crippen molar-refractivity contribution in [2.45, 2.75) is 37.0 Å². The van der Waals surface area contributed by atoms with E-state index in [1.54, 1.807) is 0 Å². The van der Waals surface area contributed by atoms with Gasteiger partial charge in [0.25, 0.3) is 0 Å². The SMILES string of the molecule is COC(=O)c1sc(NC2CCCC(SC)C2)nc1Cl.